The zero-order valence-electron chi connectivity index (χ0n) is 13.8. The van der Waals surface area contributed by atoms with E-state index in [-0.39, 0.29) is 23.6 Å². The minimum Gasteiger partial charge on any atom is -0.314 e. The first-order chi connectivity index (χ1) is 12.4. The van der Waals surface area contributed by atoms with Gasteiger partial charge in [0.25, 0.3) is 5.69 Å². The fourth-order valence-corrected chi connectivity index (χ4v) is 2.65. The molecule has 0 fully saturated rings. The van der Waals surface area contributed by atoms with Crippen LogP contribution >= 0.6 is 0 Å². The molecule has 0 bridgehead atoms. The maximum Gasteiger partial charge on any atom is 0.270 e. The largest absolute Gasteiger partial charge is 0.314 e. The Hall–Kier alpha value is -3.55. The van der Waals surface area contributed by atoms with Crippen molar-refractivity contribution < 1.29 is 14.1 Å². The Morgan fingerprint density at radius 2 is 1.92 bits per heavy atom. The number of carbonyl (C=O) groups is 1. The van der Waals surface area contributed by atoms with Crippen LogP contribution in [0.4, 0.5) is 10.1 Å². The molecule has 0 aliphatic rings. The van der Waals surface area contributed by atoms with Crippen LogP contribution in [0.1, 0.15) is 10.4 Å². The van der Waals surface area contributed by atoms with E-state index in [9.17, 15) is 19.3 Å². The topological polar surface area (TPSA) is 93.9 Å². The average Bonchev–Trinajstić information content (AvgIpc) is 2.91. The molecule has 3 rings (SSSR count). The van der Waals surface area contributed by atoms with Crippen molar-refractivity contribution >= 4 is 11.5 Å². The number of nitro benzene ring substituents is 1. The number of nitrogens with one attached hydrogen (secondary N) is 1. The van der Waals surface area contributed by atoms with Crippen LogP contribution in [0.15, 0.2) is 54.7 Å². The lowest BCUT2D eigenvalue weighted by atomic mass is 10.1. The Morgan fingerprint density at radius 1 is 1.23 bits per heavy atom. The summed E-state index contributed by atoms with van der Waals surface area (Å²) in [5, 5.41) is 19.1. The number of nitro groups is 1. The number of non-ortho nitro benzene ring substituents is 1. The monoisotopic (exact) mass is 354 g/mol. The third kappa shape index (κ3) is 3.30. The van der Waals surface area contributed by atoms with Crippen molar-refractivity contribution in [3.8, 4) is 11.3 Å². The molecule has 0 radical (unpaired) electrons. The van der Waals surface area contributed by atoms with Gasteiger partial charge in [0.2, 0.25) is 5.62 Å². The van der Waals surface area contributed by atoms with Crippen molar-refractivity contribution in [1.82, 2.24) is 9.13 Å². The van der Waals surface area contributed by atoms with Gasteiger partial charge < -0.3 is 9.13 Å². The quantitative estimate of drug-likeness (QED) is 0.434. The molecular weight excluding hydrogens is 339 g/mol. The van der Waals surface area contributed by atoms with E-state index >= 15 is 0 Å². The number of aromatic nitrogens is 2. The van der Waals surface area contributed by atoms with E-state index in [4.69, 9.17) is 5.41 Å². The third-order valence-corrected chi connectivity index (χ3v) is 4.06. The number of nitrogens with zero attached hydrogens (tertiary/aromatic N) is 3. The fraction of sp³-hybridized carbons (Fsp3) is 0.111. The molecule has 0 spiro atoms. The van der Waals surface area contributed by atoms with Crippen molar-refractivity contribution in [2.75, 3.05) is 0 Å². The molecule has 26 heavy (non-hydrogen) atoms. The fourth-order valence-electron chi connectivity index (χ4n) is 2.65. The number of hydrogen-bond donors (Lipinski definition) is 1. The van der Waals surface area contributed by atoms with E-state index in [1.54, 1.807) is 25.4 Å². The number of rotatable bonds is 5. The second-order valence-corrected chi connectivity index (χ2v) is 5.76. The van der Waals surface area contributed by atoms with Gasteiger partial charge in [0.1, 0.15) is 5.82 Å². The number of carbonyl (C=O) groups excluding carboxylic acids is 1. The maximum absolute atomic E-state index is 13.0. The first kappa shape index (κ1) is 17.3. The second-order valence-electron chi connectivity index (χ2n) is 5.76. The normalized spacial score (nSPS) is 10.7. The van der Waals surface area contributed by atoms with Crippen LogP contribution in [0.2, 0.25) is 0 Å². The summed E-state index contributed by atoms with van der Waals surface area (Å²) in [6, 6.07) is 11.3. The molecule has 2 aromatic carbocycles. The van der Waals surface area contributed by atoms with Crippen molar-refractivity contribution in [2.45, 2.75) is 6.54 Å². The molecule has 7 nitrogen and oxygen atoms in total. The lowest BCUT2D eigenvalue weighted by Gasteiger charge is -2.02. The Labute approximate surface area is 147 Å². The van der Waals surface area contributed by atoms with Gasteiger partial charge in [-0.1, -0.05) is 12.1 Å². The lowest BCUT2D eigenvalue weighted by molar-refractivity contribution is -0.384. The predicted molar refractivity (Wildman–Crippen MR) is 92.1 cm³/mol. The summed E-state index contributed by atoms with van der Waals surface area (Å²) in [6.07, 6.45) is 1.60. The van der Waals surface area contributed by atoms with E-state index in [0.717, 1.165) is 0 Å². The highest BCUT2D eigenvalue weighted by molar-refractivity contribution is 5.95. The first-order valence-electron chi connectivity index (χ1n) is 7.71. The SMILES string of the molecule is Cn1c(-c2cccc([N+](=O)[O-])c2)cn(CC(=O)c2ccc(F)cc2)c1=N. The Balaban J connectivity index is 1.94. The lowest BCUT2D eigenvalue weighted by Crippen LogP contribution is -2.25. The van der Waals surface area contributed by atoms with E-state index < -0.39 is 10.7 Å². The molecule has 0 aliphatic carbocycles. The third-order valence-electron chi connectivity index (χ3n) is 4.06. The predicted octanol–water partition coefficient (Wildman–Crippen LogP) is 2.90. The van der Waals surface area contributed by atoms with Gasteiger partial charge in [0.15, 0.2) is 5.78 Å². The summed E-state index contributed by atoms with van der Waals surface area (Å²) >= 11 is 0. The van der Waals surface area contributed by atoms with E-state index in [1.165, 1.54) is 45.5 Å². The van der Waals surface area contributed by atoms with Crippen molar-refractivity contribution in [1.29, 1.82) is 5.41 Å². The molecular formula is C18H15FN4O3. The second kappa shape index (κ2) is 6.75. The Kier molecular flexibility index (Phi) is 4.49. The van der Waals surface area contributed by atoms with Gasteiger partial charge >= 0.3 is 0 Å². The number of halogens is 1. The molecule has 1 aromatic heterocycles. The van der Waals surface area contributed by atoms with Gasteiger partial charge in [0.05, 0.1) is 17.2 Å². The zero-order valence-corrected chi connectivity index (χ0v) is 13.8. The minimum atomic E-state index is -0.486. The highest BCUT2D eigenvalue weighted by Gasteiger charge is 2.14. The Morgan fingerprint density at radius 3 is 2.58 bits per heavy atom. The molecule has 1 heterocycles. The summed E-state index contributed by atoms with van der Waals surface area (Å²) in [7, 11) is 1.65. The van der Waals surface area contributed by atoms with Crippen molar-refractivity contribution in [3.05, 3.63) is 81.8 Å². The standard InChI is InChI=1S/C18H15FN4O3/c1-21-16(13-3-2-4-15(9-13)23(25)26)10-22(18(21)20)11-17(24)12-5-7-14(19)8-6-12/h2-10,20H,11H2,1H3. The van der Waals surface area contributed by atoms with Gasteiger partial charge in [-0.25, -0.2) is 4.39 Å². The molecule has 132 valence electrons. The van der Waals surface area contributed by atoms with Crippen LogP contribution in [0.3, 0.4) is 0 Å². The van der Waals surface area contributed by atoms with Crippen LogP contribution in [0.25, 0.3) is 11.3 Å². The zero-order chi connectivity index (χ0) is 18.8. The molecule has 8 heteroatoms. The highest BCUT2D eigenvalue weighted by Crippen LogP contribution is 2.22. The molecule has 0 saturated heterocycles. The van der Waals surface area contributed by atoms with Gasteiger partial charge in [-0.05, 0) is 24.3 Å². The molecule has 0 saturated carbocycles. The molecule has 0 amide bonds. The summed E-state index contributed by atoms with van der Waals surface area (Å²) in [5.74, 6) is -0.692. The minimum absolute atomic E-state index is 0.0517. The average molecular weight is 354 g/mol. The summed E-state index contributed by atoms with van der Waals surface area (Å²) < 4.78 is 16.0. The van der Waals surface area contributed by atoms with E-state index in [2.05, 4.69) is 0 Å². The van der Waals surface area contributed by atoms with Crippen LogP contribution in [0, 0.1) is 21.3 Å². The molecule has 0 atom stereocenters. The van der Waals surface area contributed by atoms with Crippen LogP contribution < -0.4 is 5.62 Å². The van der Waals surface area contributed by atoms with Crippen molar-refractivity contribution in [2.24, 2.45) is 7.05 Å². The number of hydrogen-bond acceptors (Lipinski definition) is 4. The Bertz CT molecular complexity index is 1050. The summed E-state index contributed by atoms with van der Waals surface area (Å²) in [5.41, 5.74) is 1.51. The first-order valence-corrected chi connectivity index (χ1v) is 7.71. The smallest absolute Gasteiger partial charge is 0.270 e. The molecule has 1 N–H and O–H groups in total. The van der Waals surface area contributed by atoms with Gasteiger partial charge in [-0.2, -0.15) is 0 Å². The highest BCUT2D eigenvalue weighted by atomic mass is 19.1. The summed E-state index contributed by atoms with van der Waals surface area (Å²) in [6.45, 7) is -0.0900. The number of Topliss-reactive ketones (excluding diaryl/α,β-unsaturated/α-hetero) is 1. The van der Waals surface area contributed by atoms with Gasteiger partial charge in [-0.3, -0.25) is 20.3 Å². The van der Waals surface area contributed by atoms with Crippen LogP contribution in [-0.2, 0) is 13.6 Å². The maximum atomic E-state index is 13.0. The van der Waals surface area contributed by atoms with Crippen LogP contribution in [0.5, 0.6) is 0 Å². The van der Waals surface area contributed by atoms with Crippen molar-refractivity contribution in [3.63, 3.8) is 0 Å². The van der Waals surface area contributed by atoms with Gasteiger partial charge in [0, 0.05) is 36.5 Å². The number of imidazole rings is 1. The van der Waals surface area contributed by atoms with E-state index in [1.807, 2.05) is 0 Å². The summed E-state index contributed by atoms with van der Waals surface area (Å²) in [4.78, 5) is 22.8. The number of benzene rings is 2. The molecule has 3 aromatic rings. The van der Waals surface area contributed by atoms with E-state index in [0.29, 0.717) is 16.8 Å². The van der Waals surface area contributed by atoms with Crippen LogP contribution in [-0.4, -0.2) is 19.8 Å². The van der Waals surface area contributed by atoms with Gasteiger partial charge in [-0.15, -0.1) is 0 Å². The molecule has 0 aliphatic heterocycles. The molecule has 0 unspecified atom stereocenters. The number of ketones is 1.